The van der Waals surface area contributed by atoms with Gasteiger partial charge in [0.15, 0.2) is 12.6 Å². The Labute approximate surface area is 111 Å². The SMILES string of the molecule is OCC1OC(N2C=CCNC2O)C(O)(C2CC2)C1O. The lowest BCUT2D eigenvalue weighted by molar-refractivity contribution is -0.183. The second-order valence-corrected chi connectivity index (χ2v) is 5.43. The van der Waals surface area contributed by atoms with Gasteiger partial charge in [-0.15, -0.1) is 0 Å². The molecule has 1 saturated heterocycles. The summed E-state index contributed by atoms with van der Waals surface area (Å²) in [6.45, 7) is 0.159. The van der Waals surface area contributed by atoms with Crippen molar-refractivity contribution >= 4 is 0 Å². The van der Waals surface area contributed by atoms with Gasteiger partial charge in [-0.25, -0.2) is 0 Å². The molecule has 2 fully saturated rings. The van der Waals surface area contributed by atoms with Crippen LogP contribution in [0.1, 0.15) is 12.8 Å². The molecule has 0 aromatic heterocycles. The van der Waals surface area contributed by atoms with Gasteiger partial charge >= 0.3 is 0 Å². The summed E-state index contributed by atoms with van der Waals surface area (Å²) >= 11 is 0. The van der Waals surface area contributed by atoms with E-state index in [4.69, 9.17) is 4.74 Å². The lowest BCUT2D eigenvalue weighted by atomic mass is 9.88. The van der Waals surface area contributed by atoms with E-state index >= 15 is 0 Å². The predicted molar refractivity (Wildman–Crippen MR) is 64.4 cm³/mol. The smallest absolute Gasteiger partial charge is 0.185 e. The van der Waals surface area contributed by atoms with Gasteiger partial charge in [0.05, 0.1) is 6.61 Å². The Morgan fingerprint density at radius 3 is 2.68 bits per heavy atom. The Morgan fingerprint density at radius 1 is 1.37 bits per heavy atom. The fourth-order valence-corrected chi connectivity index (χ4v) is 2.97. The zero-order valence-corrected chi connectivity index (χ0v) is 10.5. The van der Waals surface area contributed by atoms with Crippen molar-refractivity contribution in [3.05, 3.63) is 12.3 Å². The summed E-state index contributed by atoms with van der Waals surface area (Å²) in [6, 6.07) is 0. The van der Waals surface area contributed by atoms with Crippen LogP contribution >= 0.6 is 0 Å². The molecule has 0 spiro atoms. The summed E-state index contributed by atoms with van der Waals surface area (Å²) in [5, 5.41) is 43.0. The quantitative estimate of drug-likeness (QED) is 0.401. The standard InChI is InChI=1S/C12H20N2O5/c15-6-8-9(16)12(18,7-2-3-7)10(19-8)14-5-1-4-13-11(14)17/h1,5,7-11,13,15-18H,2-4,6H2. The molecule has 5 N–H and O–H groups in total. The van der Waals surface area contributed by atoms with E-state index in [2.05, 4.69) is 5.32 Å². The molecule has 5 atom stereocenters. The number of aliphatic hydroxyl groups is 4. The maximum atomic E-state index is 10.8. The Hall–Kier alpha value is -0.700. The molecule has 2 aliphatic heterocycles. The Balaban J connectivity index is 1.89. The molecule has 108 valence electrons. The molecule has 0 bridgehead atoms. The second-order valence-electron chi connectivity index (χ2n) is 5.43. The van der Waals surface area contributed by atoms with Gasteiger partial charge < -0.3 is 30.1 Å². The first-order valence-electron chi connectivity index (χ1n) is 6.61. The molecule has 5 unspecified atom stereocenters. The molecule has 1 aliphatic carbocycles. The highest BCUT2D eigenvalue weighted by molar-refractivity contribution is 5.12. The maximum Gasteiger partial charge on any atom is 0.185 e. The number of hydrogen-bond acceptors (Lipinski definition) is 7. The Bertz CT molecular complexity index is 375. The summed E-state index contributed by atoms with van der Waals surface area (Å²) in [4.78, 5) is 1.45. The minimum atomic E-state index is -1.46. The third kappa shape index (κ3) is 1.97. The van der Waals surface area contributed by atoms with Gasteiger partial charge in [0.2, 0.25) is 0 Å². The van der Waals surface area contributed by atoms with Crippen LogP contribution in [0.4, 0.5) is 0 Å². The molecule has 0 amide bonds. The number of aliphatic hydroxyl groups excluding tert-OH is 3. The zero-order valence-electron chi connectivity index (χ0n) is 10.5. The number of ether oxygens (including phenoxy) is 1. The van der Waals surface area contributed by atoms with Crippen LogP contribution in [0, 0.1) is 5.92 Å². The van der Waals surface area contributed by atoms with Crippen LogP contribution in [0.25, 0.3) is 0 Å². The summed E-state index contributed by atoms with van der Waals surface area (Å²) < 4.78 is 5.57. The number of nitrogens with zero attached hydrogens (tertiary/aromatic N) is 1. The molecule has 0 aromatic rings. The maximum absolute atomic E-state index is 10.8. The van der Waals surface area contributed by atoms with Crippen LogP contribution in [-0.4, -0.2) is 68.9 Å². The molecule has 0 aromatic carbocycles. The molecule has 1 saturated carbocycles. The lowest BCUT2D eigenvalue weighted by Gasteiger charge is -2.41. The van der Waals surface area contributed by atoms with Crippen LogP contribution < -0.4 is 5.32 Å². The molecule has 19 heavy (non-hydrogen) atoms. The molecule has 2 heterocycles. The van der Waals surface area contributed by atoms with Gasteiger partial charge in [-0.3, -0.25) is 5.32 Å². The van der Waals surface area contributed by atoms with Gasteiger partial charge in [-0.05, 0) is 18.8 Å². The molecular weight excluding hydrogens is 252 g/mol. The number of nitrogens with one attached hydrogen (secondary N) is 1. The lowest BCUT2D eigenvalue weighted by Crippen LogP contribution is -2.60. The minimum Gasteiger partial charge on any atom is -0.394 e. The molecular formula is C12H20N2O5. The third-order valence-corrected chi connectivity index (χ3v) is 4.19. The number of rotatable bonds is 3. The van der Waals surface area contributed by atoms with Gasteiger partial charge in [0, 0.05) is 12.7 Å². The summed E-state index contributed by atoms with van der Waals surface area (Å²) in [5.74, 6) is -0.0634. The van der Waals surface area contributed by atoms with E-state index in [1.54, 1.807) is 12.3 Å². The van der Waals surface area contributed by atoms with Crippen molar-refractivity contribution < 1.29 is 25.2 Å². The van der Waals surface area contributed by atoms with Crippen LogP contribution in [0.3, 0.4) is 0 Å². The Morgan fingerprint density at radius 2 is 2.11 bits per heavy atom. The zero-order chi connectivity index (χ0) is 13.6. The predicted octanol–water partition coefficient (Wildman–Crippen LogP) is -2.10. The highest BCUT2D eigenvalue weighted by Crippen LogP contribution is 2.49. The average Bonchev–Trinajstić information content (AvgIpc) is 3.21. The average molecular weight is 272 g/mol. The second kappa shape index (κ2) is 4.69. The first kappa shape index (κ1) is 13.3. The van der Waals surface area contributed by atoms with Gasteiger partial charge in [0.25, 0.3) is 0 Å². The molecule has 0 radical (unpaired) electrons. The molecule has 3 aliphatic rings. The summed E-state index contributed by atoms with van der Waals surface area (Å²) in [6.07, 6.45) is 1.22. The fraction of sp³-hybridized carbons (Fsp3) is 0.833. The first-order valence-corrected chi connectivity index (χ1v) is 6.61. The van der Waals surface area contributed by atoms with E-state index in [0.717, 1.165) is 12.8 Å². The van der Waals surface area contributed by atoms with Crippen molar-refractivity contribution in [3.8, 4) is 0 Å². The van der Waals surface area contributed by atoms with Crippen molar-refractivity contribution in [1.82, 2.24) is 10.2 Å². The van der Waals surface area contributed by atoms with Crippen LogP contribution in [-0.2, 0) is 4.74 Å². The van der Waals surface area contributed by atoms with E-state index in [1.165, 1.54) is 4.90 Å². The van der Waals surface area contributed by atoms with Crippen molar-refractivity contribution in [1.29, 1.82) is 0 Å². The van der Waals surface area contributed by atoms with Gasteiger partial charge in [0.1, 0.15) is 17.8 Å². The topological polar surface area (TPSA) is 105 Å². The summed E-state index contributed by atoms with van der Waals surface area (Å²) in [7, 11) is 0. The van der Waals surface area contributed by atoms with Gasteiger partial charge in [-0.2, -0.15) is 0 Å². The fourth-order valence-electron chi connectivity index (χ4n) is 2.97. The highest BCUT2D eigenvalue weighted by Gasteiger charge is 2.64. The molecule has 7 heteroatoms. The first-order chi connectivity index (χ1) is 9.09. The van der Waals surface area contributed by atoms with Crippen LogP contribution in [0.5, 0.6) is 0 Å². The van der Waals surface area contributed by atoms with Crippen molar-refractivity contribution in [3.63, 3.8) is 0 Å². The van der Waals surface area contributed by atoms with Crippen molar-refractivity contribution in [2.45, 2.75) is 43.2 Å². The highest BCUT2D eigenvalue weighted by atomic mass is 16.6. The van der Waals surface area contributed by atoms with E-state index in [9.17, 15) is 20.4 Å². The van der Waals surface area contributed by atoms with Crippen LogP contribution in [0.15, 0.2) is 12.3 Å². The van der Waals surface area contributed by atoms with Gasteiger partial charge in [-0.1, -0.05) is 6.08 Å². The van der Waals surface area contributed by atoms with E-state index in [0.29, 0.717) is 6.54 Å². The van der Waals surface area contributed by atoms with E-state index in [1.807, 2.05) is 0 Å². The third-order valence-electron chi connectivity index (χ3n) is 4.19. The normalized spacial score (nSPS) is 46.8. The summed E-state index contributed by atoms with van der Waals surface area (Å²) in [5.41, 5.74) is -1.46. The van der Waals surface area contributed by atoms with E-state index in [-0.39, 0.29) is 12.5 Å². The molecule has 3 rings (SSSR count). The largest absolute Gasteiger partial charge is 0.394 e. The van der Waals surface area contributed by atoms with Crippen LogP contribution in [0.2, 0.25) is 0 Å². The van der Waals surface area contributed by atoms with Crippen molar-refractivity contribution in [2.24, 2.45) is 5.92 Å². The monoisotopic (exact) mass is 272 g/mol. The van der Waals surface area contributed by atoms with E-state index < -0.39 is 30.4 Å². The molecule has 7 nitrogen and oxygen atoms in total. The number of hydrogen-bond donors (Lipinski definition) is 5. The minimum absolute atomic E-state index is 0.0634. The van der Waals surface area contributed by atoms with Crippen molar-refractivity contribution in [2.75, 3.05) is 13.2 Å². The Kier molecular flexibility index (Phi) is 3.28.